The minimum absolute atomic E-state index is 0.00532. The third-order valence-electron chi connectivity index (χ3n) is 5.15. The van der Waals surface area contributed by atoms with Gasteiger partial charge in [-0.15, -0.1) is 0 Å². The normalized spacial score (nSPS) is 14.1. The van der Waals surface area contributed by atoms with Gasteiger partial charge >= 0.3 is 6.09 Å². The Hall–Kier alpha value is -2.74. The number of hydrogen-bond donors (Lipinski definition) is 0. The molecule has 1 aliphatic rings. The maximum absolute atomic E-state index is 12.9. The maximum Gasteiger partial charge on any atom is 0.410 e. The number of amides is 2. The first kappa shape index (κ1) is 24.9. The van der Waals surface area contributed by atoms with E-state index in [1.807, 2.05) is 63.2 Å². The molecule has 0 saturated carbocycles. The quantitative estimate of drug-likeness (QED) is 0.556. The standard InChI is InChI=1S/C25H31BrN2O5/c1-25(2,3)33-24(30)28-12-10-27(11-13-28)22(29)16-19-14-20(26)23(21(15-19)31-4)32-17-18-8-6-5-7-9-18/h5-9,14-15H,10-13,16-17H2,1-4H3. The van der Waals surface area contributed by atoms with E-state index in [0.717, 1.165) is 15.6 Å². The molecule has 2 amide bonds. The molecule has 3 rings (SSSR count). The Morgan fingerprint density at radius 1 is 0.970 bits per heavy atom. The SMILES string of the molecule is COc1cc(CC(=O)N2CCN(C(=O)OC(C)(C)C)CC2)cc(Br)c1OCc1ccccc1. The highest BCUT2D eigenvalue weighted by molar-refractivity contribution is 9.10. The first-order chi connectivity index (χ1) is 15.7. The molecule has 178 valence electrons. The second-order valence-corrected chi connectivity index (χ2v) is 9.76. The number of ether oxygens (including phenoxy) is 3. The zero-order chi connectivity index (χ0) is 24.0. The first-order valence-electron chi connectivity index (χ1n) is 10.9. The maximum atomic E-state index is 12.9. The minimum Gasteiger partial charge on any atom is -0.493 e. The van der Waals surface area contributed by atoms with Crippen molar-refractivity contribution in [3.05, 3.63) is 58.1 Å². The number of hydrogen-bond acceptors (Lipinski definition) is 5. The van der Waals surface area contributed by atoms with E-state index in [-0.39, 0.29) is 18.4 Å². The largest absolute Gasteiger partial charge is 0.493 e. The van der Waals surface area contributed by atoms with Crippen molar-refractivity contribution in [2.75, 3.05) is 33.3 Å². The molecule has 1 aliphatic heterocycles. The van der Waals surface area contributed by atoms with Gasteiger partial charge in [-0.05, 0) is 60.0 Å². The summed E-state index contributed by atoms with van der Waals surface area (Å²) >= 11 is 3.56. The Balaban J connectivity index is 1.58. The molecule has 1 heterocycles. The van der Waals surface area contributed by atoms with Crippen LogP contribution < -0.4 is 9.47 Å². The molecule has 0 unspecified atom stereocenters. The van der Waals surface area contributed by atoms with E-state index >= 15 is 0 Å². The van der Waals surface area contributed by atoms with Crippen LogP contribution in [0, 0.1) is 0 Å². The van der Waals surface area contributed by atoms with Gasteiger partial charge in [0.05, 0.1) is 18.0 Å². The van der Waals surface area contributed by atoms with Crippen molar-refractivity contribution in [3.8, 4) is 11.5 Å². The number of piperazine rings is 1. The molecular weight excluding hydrogens is 488 g/mol. The molecule has 0 spiro atoms. The molecule has 2 aromatic rings. The van der Waals surface area contributed by atoms with Gasteiger partial charge in [0.15, 0.2) is 11.5 Å². The smallest absolute Gasteiger partial charge is 0.410 e. The predicted octanol–water partition coefficient (Wildman–Crippen LogP) is 4.66. The van der Waals surface area contributed by atoms with Gasteiger partial charge < -0.3 is 24.0 Å². The fraction of sp³-hybridized carbons (Fsp3) is 0.440. The van der Waals surface area contributed by atoms with Crippen molar-refractivity contribution in [2.45, 2.75) is 39.4 Å². The Bertz CT molecular complexity index is 967. The molecule has 0 bridgehead atoms. The van der Waals surface area contributed by atoms with Gasteiger partial charge in [-0.25, -0.2) is 4.79 Å². The molecule has 1 saturated heterocycles. The molecule has 0 aliphatic carbocycles. The number of nitrogens with zero attached hydrogens (tertiary/aromatic N) is 2. The van der Waals surface area contributed by atoms with Gasteiger partial charge in [0.2, 0.25) is 5.91 Å². The Morgan fingerprint density at radius 3 is 2.21 bits per heavy atom. The molecule has 8 heteroatoms. The van der Waals surface area contributed by atoms with E-state index in [2.05, 4.69) is 15.9 Å². The predicted molar refractivity (Wildman–Crippen MR) is 130 cm³/mol. The lowest BCUT2D eigenvalue weighted by Crippen LogP contribution is -2.52. The second-order valence-electron chi connectivity index (χ2n) is 8.91. The summed E-state index contributed by atoms with van der Waals surface area (Å²) < 4.78 is 17.6. The highest BCUT2D eigenvalue weighted by atomic mass is 79.9. The van der Waals surface area contributed by atoms with Crippen LogP contribution in [0.5, 0.6) is 11.5 Å². The van der Waals surface area contributed by atoms with Crippen LogP contribution >= 0.6 is 15.9 Å². The van der Waals surface area contributed by atoms with Crippen LogP contribution in [0.25, 0.3) is 0 Å². The third kappa shape index (κ3) is 7.12. The van der Waals surface area contributed by atoms with Crippen molar-refractivity contribution in [1.82, 2.24) is 9.80 Å². The summed E-state index contributed by atoms with van der Waals surface area (Å²) in [5, 5.41) is 0. The second kappa shape index (κ2) is 10.9. The lowest BCUT2D eigenvalue weighted by molar-refractivity contribution is -0.132. The molecular formula is C25H31BrN2O5. The topological polar surface area (TPSA) is 68.3 Å². The molecule has 0 radical (unpaired) electrons. The van der Waals surface area contributed by atoms with Crippen LogP contribution in [0.1, 0.15) is 31.9 Å². The van der Waals surface area contributed by atoms with E-state index in [9.17, 15) is 9.59 Å². The summed E-state index contributed by atoms with van der Waals surface area (Å²) in [5.74, 6) is 1.17. The van der Waals surface area contributed by atoms with Crippen molar-refractivity contribution in [2.24, 2.45) is 0 Å². The fourth-order valence-corrected chi connectivity index (χ4v) is 4.10. The van der Waals surface area contributed by atoms with Crippen LogP contribution in [-0.2, 0) is 22.6 Å². The molecule has 0 N–H and O–H groups in total. The number of methoxy groups -OCH3 is 1. The van der Waals surface area contributed by atoms with Crippen LogP contribution in [0.3, 0.4) is 0 Å². The zero-order valence-corrected chi connectivity index (χ0v) is 21.2. The number of carbonyl (C=O) groups excluding carboxylic acids is 2. The van der Waals surface area contributed by atoms with E-state index in [4.69, 9.17) is 14.2 Å². The molecule has 0 aromatic heterocycles. The number of rotatable bonds is 6. The lowest BCUT2D eigenvalue weighted by atomic mass is 10.1. The summed E-state index contributed by atoms with van der Waals surface area (Å²) in [6.07, 6.45) is -0.102. The summed E-state index contributed by atoms with van der Waals surface area (Å²) in [6, 6.07) is 13.6. The van der Waals surface area contributed by atoms with E-state index < -0.39 is 5.60 Å². The van der Waals surface area contributed by atoms with Gasteiger partial charge in [0.25, 0.3) is 0 Å². The molecule has 33 heavy (non-hydrogen) atoms. The molecule has 1 fully saturated rings. The Kier molecular flexibility index (Phi) is 8.24. The Labute approximate surface area is 203 Å². The molecule has 7 nitrogen and oxygen atoms in total. The van der Waals surface area contributed by atoms with Crippen molar-refractivity contribution < 1.29 is 23.8 Å². The average Bonchev–Trinajstić information content (AvgIpc) is 2.77. The van der Waals surface area contributed by atoms with Gasteiger partial charge in [0, 0.05) is 26.2 Å². The summed E-state index contributed by atoms with van der Waals surface area (Å²) in [5.41, 5.74) is 1.34. The van der Waals surface area contributed by atoms with E-state index in [0.29, 0.717) is 44.3 Å². The van der Waals surface area contributed by atoms with E-state index in [1.54, 1.807) is 16.9 Å². The lowest BCUT2D eigenvalue weighted by Gasteiger charge is -2.35. The Morgan fingerprint density at radius 2 is 1.61 bits per heavy atom. The summed E-state index contributed by atoms with van der Waals surface area (Å²) in [6.45, 7) is 7.82. The van der Waals surface area contributed by atoms with Crippen molar-refractivity contribution >= 4 is 27.9 Å². The van der Waals surface area contributed by atoms with Crippen molar-refractivity contribution in [1.29, 1.82) is 0 Å². The molecule has 2 aromatic carbocycles. The fourth-order valence-electron chi connectivity index (χ4n) is 3.50. The highest BCUT2D eigenvalue weighted by Crippen LogP contribution is 2.37. The summed E-state index contributed by atoms with van der Waals surface area (Å²) in [7, 11) is 1.58. The van der Waals surface area contributed by atoms with Crippen LogP contribution in [-0.4, -0.2) is 60.7 Å². The van der Waals surface area contributed by atoms with Gasteiger partial charge in [-0.1, -0.05) is 30.3 Å². The van der Waals surface area contributed by atoms with Crippen LogP contribution in [0.15, 0.2) is 46.9 Å². The monoisotopic (exact) mass is 518 g/mol. The number of halogens is 1. The van der Waals surface area contributed by atoms with E-state index in [1.165, 1.54) is 0 Å². The molecule has 0 atom stereocenters. The zero-order valence-electron chi connectivity index (χ0n) is 19.6. The summed E-state index contributed by atoms with van der Waals surface area (Å²) in [4.78, 5) is 28.5. The highest BCUT2D eigenvalue weighted by Gasteiger charge is 2.28. The van der Waals surface area contributed by atoms with Crippen LogP contribution in [0.2, 0.25) is 0 Å². The number of benzene rings is 2. The van der Waals surface area contributed by atoms with Gasteiger partial charge in [-0.2, -0.15) is 0 Å². The third-order valence-corrected chi connectivity index (χ3v) is 5.74. The number of carbonyl (C=O) groups is 2. The van der Waals surface area contributed by atoms with Crippen molar-refractivity contribution in [3.63, 3.8) is 0 Å². The first-order valence-corrected chi connectivity index (χ1v) is 11.7. The van der Waals surface area contributed by atoms with Crippen LogP contribution in [0.4, 0.5) is 4.79 Å². The minimum atomic E-state index is -0.534. The average molecular weight is 519 g/mol. The van der Waals surface area contributed by atoms with Gasteiger partial charge in [-0.3, -0.25) is 4.79 Å². The van der Waals surface area contributed by atoms with Gasteiger partial charge in [0.1, 0.15) is 12.2 Å².